The fourth-order valence-corrected chi connectivity index (χ4v) is 5.63. The van der Waals surface area contributed by atoms with Crippen molar-refractivity contribution < 1.29 is 18.1 Å². The first-order valence-electron chi connectivity index (χ1n) is 9.08. The van der Waals surface area contributed by atoms with Crippen molar-refractivity contribution in [1.82, 2.24) is 9.29 Å². The van der Waals surface area contributed by atoms with E-state index in [-0.39, 0.29) is 29.2 Å². The zero-order valence-corrected chi connectivity index (χ0v) is 19.1. The average Bonchev–Trinajstić information content (AvgIpc) is 3.43. The number of amides is 1. The third-order valence-electron chi connectivity index (χ3n) is 4.19. The molecule has 166 valence electrons. The Bertz CT molecular complexity index is 1250. The van der Waals surface area contributed by atoms with Crippen molar-refractivity contribution in [2.24, 2.45) is 0 Å². The van der Waals surface area contributed by atoms with Gasteiger partial charge in [-0.1, -0.05) is 12.2 Å². The van der Waals surface area contributed by atoms with Crippen molar-refractivity contribution in [2.45, 2.75) is 4.90 Å². The summed E-state index contributed by atoms with van der Waals surface area (Å²) < 4.78 is 26.7. The lowest BCUT2D eigenvalue weighted by Crippen LogP contribution is -2.31. The molecule has 2 heterocycles. The summed E-state index contributed by atoms with van der Waals surface area (Å²) in [5.41, 5.74) is 0.763. The number of nitro groups is 1. The molecule has 0 aliphatic rings. The number of sulfonamides is 1. The van der Waals surface area contributed by atoms with E-state index >= 15 is 0 Å². The molecular formula is C20H18N4O5S3. The van der Waals surface area contributed by atoms with Crippen molar-refractivity contribution in [3.05, 3.63) is 82.1 Å². The number of carbonyl (C=O) groups excluding carboxylic acids is 1. The Hall–Kier alpha value is -3.19. The first kappa shape index (κ1) is 23.5. The highest BCUT2D eigenvalue weighted by Crippen LogP contribution is 2.33. The highest BCUT2D eigenvalue weighted by atomic mass is 32.2. The highest BCUT2D eigenvalue weighted by Gasteiger charge is 2.23. The molecule has 0 saturated heterocycles. The van der Waals surface area contributed by atoms with Gasteiger partial charge in [-0.25, -0.2) is 13.4 Å². The van der Waals surface area contributed by atoms with Crippen molar-refractivity contribution in [1.29, 1.82) is 0 Å². The number of thiazole rings is 1. The minimum atomic E-state index is -3.76. The largest absolute Gasteiger partial charge is 0.298 e. The summed E-state index contributed by atoms with van der Waals surface area (Å²) >= 11 is 2.37. The van der Waals surface area contributed by atoms with Crippen molar-refractivity contribution in [3.63, 3.8) is 0 Å². The topological polar surface area (TPSA) is 123 Å². The van der Waals surface area contributed by atoms with Crippen molar-refractivity contribution in [3.8, 4) is 10.6 Å². The second kappa shape index (κ2) is 9.96. The Morgan fingerprint density at radius 3 is 2.38 bits per heavy atom. The number of hydrogen-bond donors (Lipinski definition) is 1. The fourth-order valence-electron chi connectivity index (χ4n) is 2.66. The molecule has 0 saturated carbocycles. The summed E-state index contributed by atoms with van der Waals surface area (Å²) in [6.07, 6.45) is 2.97. The standard InChI is InChI=1S/C20H18N4O5S3/c1-3-9-23(10-4-2)32(28,29)16-7-5-14(6-8-16)19(25)22-20-21-17(13-31-20)18-11-15(12-30-18)24(26)27/h3-8,11-13H,1-2,9-10H2,(H,21,22,25). The monoisotopic (exact) mass is 490 g/mol. The lowest BCUT2D eigenvalue weighted by molar-refractivity contribution is -0.384. The summed E-state index contributed by atoms with van der Waals surface area (Å²) in [4.78, 5) is 27.8. The molecule has 0 spiro atoms. The van der Waals surface area contributed by atoms with Gasteiger partial charge in [-0.15, -0.1) is 35.8 Å². The molecule has 1 amide bonds. The van der Waals surface area contributed by atoms with E-state index in [0.717, 1.165) is 0 Å². The van der Waals surface area contributed by atoms with Crippen LogP contribution in [0.15, 0.2) is 71.3 Å². The molecule has 12 heteroatoms. The van der Waals surface area contributed by atoms with Crippen LogP contribution in [-0.4, -0.2) is 41.6 Å². The van der Waals surface area contributed by atoms with E-state index in [2.05, 4.69) is 23.5 Å². The van der Waals surface area contributed by atoms with Gasteiger partial charge < -0.3 is 0 Å². The predicted molar refractivity (Wildman–Crippen MR) is 126 cm³/mol. The van der Waals surface area contributed by atoms with E-state index in [1.165, 1.54) is 74.8 Å². The maximum atomic E-state index is 12.7. The SMILES string of the molecule is C=CCN(CC=C)S(=O)(=O)c1ccc(C(=O)Nc2nc(-c3cc([N+](=O)[O-])cs3)cs2)cc1. The van der Waals surface area contributed by atoms with E-state index in [1.54, 1.807) is 5.38 Å². The minimum Gasteiger partial charge on any atom is -0.298 e. The van der Waals surface area contributed by atoms with Crippen molar-refractivity contribution >= 4 is 49.4 Å². The van der Waals surface area contributed by atoms with Crippen LogP contribution in [0.3, 0.4) is 0 Å². The van der Waals surface area contributed by atoms with Gasteiger partial charge in [0.05, 0.1) is 25.8 Å². The van der Waals surface area contributed by atoms with Crippen LogP contribution in [0.4, 0.5) is 10.8 Å². The molecular weight excluding hydrogens is 472 g/mol. The van der Waals surface area contributed by atoms with Crippen LogP contribution in [0.25, 0.3) is 10.6 Å². The number of hydrogen-bond acceptors (Lipinski definition) is 8. The lowest BCUT2D eigenvalue weighted by Gasteiger charge is -2.19. The third kappa shape index (κ3) is 5.16. The number of nitrogens with one attached hydrogen (secondary N) is 1. The van der Waals surface area contributed by atoms with Crippen LogP contribution in [0, 0.1) is 10.1 Å². The van der Waals surface area contributed by atoms with Gasteiger partial charge in [0.15, 0.2) is 5.13 Å². The average molecular weight is 491 g/mol. The van der Waals surface area contributed by atoms with Gasteiger partial charge in [-0.05, 0) is 24.3 Å². The Kier molecular flexibility index (Phi) is 7.30. The molecule has 0 atom stereocenters. The Balaban J connectivity index is 1.72. The van der Waals surface area contributed by atoms with E-state index in [9.17, 15) is 23.3 Å². The number of rotatable bonds is 10. The van der Waals surface area contributed by atoms with E-state index in [0.29, 0.717) is 15.7 Å². The van der Waals surface area contributed by atoms with Crippen LogP contribution in [-0.2, 0) is 10.0 Å². The maximum absolute atomic E-state index is 12.7. The molecule has 0 aliphatic heterocycles. The molecule has 1 N–H and O–H groups in total. The van der Waals surface area contributed by atoms with Crippen molar-refractivity contribution in [2.75, 3.05) is 18.4 Å². The summed E-state index contributed by atoms with van der Waals surface area (Å²) in [6, 6.07) is 6.98. The van der Waals surface area contributed by atoms with Gasteiger partial charge in [0, 0.05) is 30.1 Å². The van der Waals surface area contributed by atoms with Gasteiger partial charge in [-0.2, -0.15) is 4.31 Å². The number of aromatic nitrogens is 1. The van der Waals surface area contributed by atoms with E-state index in [1.807, 2.05) is 0 Å². The molecule has 2 aromatic heterocycles. The summed E-state index contributed by atoms with van der Waals surface area (Å²) in [6.45, 7) is 7.41. The normalized spacial score (nSPS) is 11.3. The van der Waals surface area contributed by atoms with Crippen LogP contribution in [0.2, 0.25) is 0 Å². The molecule has 1 aromatic carbocycles. The molecule has 9 nitrogen and oxygen atoms in total. The van der Waals surface area contributed by atoms with Crippen LogP contribution in [0.1, 0.15) is 10.4 Å². The molecule has 32 heavy (non-hydrogen) atoms. The summed E-state index contributed by atoms with van der Waals surface area (Å²) in [5.74, 6) is -0.457. The molecule has 3 rings (SSSR count). The Labute approximate surface area is 192 Å². The van der Waals surface area contributed by atoms with Gasteiger partial charge in [0.25, 0.3) is 11.6 Å². The molecule has 0 radical (unpaired) electrons. The van der Waals surface area contributed by atoms with Gasteiger partial charge >= 0.3 is 0 Å². The minimum absolute atomic E-state index is 0.0154. The Morgan fingerprint density at radius 1 is 1.16 bits per heavy atom. The number of nitrogens with zero attached hydrogens (tertiary/aromatic N) is 3. The van der Waals surface area contributed by atoms with Gasteiger partial charge in [0.1, 0.15) is 0 Å². The zero-order valence-electron chi connectivity index (χ0n) is 16.6. The molecule has 0 bridgehead atoms. The number of anilines is 1. The van der Waals surface area contributed by atoms with Gasteiger partial charge in [-0.3, -0.25) is 20.2 Å². The Morgan fingerprint density at radius 2 is 1.81 bits per heavy atom. The number of thiophene rings is 1. The molecule has 0 unspecified atom stereocenters. The first-order chi connectivity index (χ1) is 15.3. The van der Waals surface area contributed by atoms with Gasteiger partial charge in [0.2, 0.25) is 10.0 Å². The maximum Gasteiger partial charge on any atom is 0.280 e. The highest BCUT2D eigenvalue weighted by molar-refractivity contribution is 7.89. The summed E-state index contributed by atoms with van der Waals surface area (Å²) in [7, 11) is -3.76. The number of carbonyl (C=O) groups is 1. The molecule has 0 aliphatic carbocycles. The molecule has 0 fully saturated rings. The van der Waals surface area contributed by atoms with E-state index < -0.39 is 20.9 Å². The molecule has 3 aromatic rings. The smallest absolute Gasteiger partial charge is 0.280 e. The predicted octanol–water partition coefficient (Wildman–Crippen LogP) is 4.39. The van der Waals surface area contributed by atoms with Crippen LogP contribution < -0.4 is 5.32 Å². The zero-order chi connectivity index (χ0) is 23.3. The lowest BCUT2D eigenvalue weighted by atomic mass is 10.2. The fraction of sp³-hybridized carbons (Fsp3) is 0.100. The quantitative estimate of drug-likeness (QED) is 0.255. The third-order valence-corrected chi connectivity index (χ3v) is 7.74. The second-order valence-corrected chi connectivity index (χ2v) is 10.0. The second-order valence-electron chi connectivity index (χ2n) is 6.34. The van der Waals surface area contributed by atoms with Crippen LogP contribution >= 0.6 is 22.7 Å². The summed E-state index contributed by atoms with van der Waals surface area (Å²) in [5, 5.41) is 16.9. The number of benzene rings is 1. The van der Waals surface area contributed by atoms with E-state index in [4.69, 9.17) is 0 Å². The first-order valence-corrected chi connectivity index (χ1v) is 12.3. The van der Waals surface area contributed by atoms with Crippen LogP contribution in [0.5, 0.6) is 0 Å².